The molecule has 1 N–H and O–H groups in total. The Bertz CT molecular complexity index is 1080. The Hall–Kier alpha value is -3.26. The summed E-state index contributed by atoms with van der Waals surface area (Å²) in [5.41, 5.74) is 2.95. The number of allylic oxidation sites excluding steroid dienone is 1. The Morgan fingerprint density at radius 3 is 2.62 bits per heavy atom. The Balaban J connectivity index is 1.68. The predicted octanol–water partition coefficient (Wildman–Crippen LogP) is 4.96. The first-order chi connectivity index (χ1) is 15.4. The highest BCUT2D eigenvalue weighted by Crippen LogP contribution is 2.26. The number of nitrogens with zero attached hydrogens (tertiary/aromatic N) is 3. The normalized spacial score (nSPS) is 11.6. The van der Waals surface area contributed by atoms with E-state index in [-0.39, 0.29) is 17.8 Å². The van der Waals surface area contributed by atoms with Gasteiger partial charge in [0, 0.05) is 18.3 Å². The summed E-state index contributed by atoms with van der Waals surface area (Å²) in [7, 11) is 1.59. The summed E-state index contributed by atoms with van der Waals surface area (Å²) in [6.45, 7) is 10.4. The van der Waals surface area contributed by atoms with Crippen molar-refractivity contribution < 1.29 is 14.3 Å². The van der Waals surface area contributed by atoms with Crippen molar-refractivity contribution in [3.8, 4) is 11.5 Å². The molecule has 1 amide bonds. The first-order valence-corrected chi connectivity index (χ1v) is 11.2. The van der Waals surface area contributed by atoms with E-state index in [1.54, 1.807) is 19.3 Å². The molecule has 0 saturated carbocycles. The van der Waals surface area contributed by atoms with Crippen LogP contribution in [0, 0.1) is 13.8 Å². The minimum absolute atomic E-state index is 0.141. The molecule has 0 saturated heterocycles. The molecule has 0 aliphatic carbocycles. The molecule has 2 aromatic carbocycles. The van der Waals surface area contributed by atoms with Crippen LogP contribution in [0.1, 0.15) is 30.0 Å². The summed E-state index contributed by atoms with van der Waals surface area (Å²) in [6, 6.07) is 13.3. The zero-order chi connectivity index (χ0) is 23.1. The number of methoxy groups -OCH3 is 1. The van der Waals surface area contributed by atoms with E-state index in [1.165, 1.54) is 11.8 Å². The van der Waals surface area contributed by atoms with Crippen molar-refractivity contribution in [2.75, 3.05) is 18.2 Å². The zero-order valence-electron chi connectivity index (χ0n) is 18.8. The van der Waals surface area contributed by atoms with Crippen LogP contribution in [0.3, 0.4) is 0 Å². The average molecular weight is 453 g/mol. The Kier molecular flexibility index (Phi) is 7.94. The fourth-order valence-corrected chi connectivity index (χ4v) is 4.05. The fourth-order valence-electron chi connectivity index (χ4n) is 3.29. The summed E-state index contributed by atoms with van der Waals surface area (Å²) in [6.07, 6.45) is 1.46. The number of ether oxygens (including phenoxy) is 2. The molecule has 8 heteroatoms. The first-order valence-electron chi connectivity index (χ1n) is 10.2. The molecule has 1 aromatic heterocycles. The lowest BCUT2D eigenvalue weighted by Gasteiger charge is -2.16. The minimum atomic E-state index is -0.316. The molecule has 0 fully saturated rings. The van der Waals surface area contributed by atoms with Gasteiger partial charge in [-0.25, -0.2) is 0 Å². The molecule has 0 aliphatic heterocycles. The maximum atomic E-state index is 12.4. The van der Waals surface area contributed by atoms with E-state index in [0.29, 0.717) is 29.0 Å². The lowest BCUT2D eigenvalue weighted by molar-refractivity contribution is -0.113. The van der Waals surface area contributed by atoms with Crippen molar-refractivity contribution in [2.45, 2.75) is 38.6 Å². The topological polar surface area (TPSA) is 78.3 Å². The highest BCUT2D eigenvalue weighted by molar-refractivity contribution is 7.99. The van der Waals surface area contributed by atoms with Crippen LogP contribution in [-0.2, 0) is 11.3 Å². The van der Waals surface area contributed by atoms with Crippen molar-refractivity contribution in [3.63, 3.8) is 0 Å². The molecule has 0 spiro atoms. The van der Waals surface area contributed by atoms with Gasteiger partial charge in [0.2, 0.25) is 5.91 Å². The molecule has 0 bridgehead atoms. The number of aryl methyl sites for hydroxylation is 2. The summed E-state index contributed by atoms with van der Waals surface area (Å²) in [4.78, 5) is 12.4. The molecule has 3 aromatic rings. The van der Waals surface area contributed by atoms with Gasteiger partial charge in [0.1, 0.15) is 11.5 Å². The van der Waals surface area contributed by atoms with E-state index in [0.717, 1.165) is 16.9 Å². The van der Waals surface area contributed by atoms with Crippen molar-refractivity contribution in [2.24, 2.45) is 0 Å². The van der Waals surface area contributed by atoms with Crippen molar-refractivity contribution in [1.82, 2.24) is 14.8 Å². The van der Waals surface area contributed by atoms with Gasteiger partial charge in [0.25, 0.3) is 0 Å². The van der Waals surface area contributed by atoms with E-state index in [4.69, 9.17) is 9.47 Å². The summed E-state index contributed by atoms with van der Waals surface area (Å²) >= 11 is 1.32. The molecule has 1 heterocycles. The van der Waals surface area contributed by atoms with Crippen LogP contribution >= 0.6 is 11.8 Å². The number of hydrogen-bond acceptors (Lipinski definition) is 6. The fraction of sp³-hybridized carbons (Fsp3) is 0.292. The number of thioether (sulfide) groups is 1. The summed E-state index contributed by atoms with van der Waals surface area (Å²) in [5, 5.41) is 12.1. The number of nitrogens with one attached hydrogen (secondary N) is 1. The van der Waals surface area contributed by atoms with Crippen LogP contribution in [0.5, 0.6) is 11.5 Å². The number of carbonyl (C=O) groups is 1. The van der Waals surface area contributed by atoms with Crippen LogP contribution in [0.25, 0.3) is 0 Å². The van der Waals surface area contributed by atoms with Crippen LogP contribution < -0.4 is 14.8 Å². The van der Waals surface area contributed by atoms with Crippen LogP contribution in [-0.4, -0.2) is 33.5 Å². The SMILES string of the molecule is C=CCn1c(SCC(=O)Nc2cccc(OC)c2)nnc1C(C)Oc1cc(C)cc(C)c1. The Labute approximate surface area is 192 Å². The van der Waals surface area contributed by atoms with E-state index in [1.807, 2.05) is 55.7 Å². The first kappa shape index (κ1) is 23.4. The van der Waals surface area contributed by atoms with Crippen molar-refractivity contribution in [1.29, 1.82) is 0 Å². The number of carbonyl (C=O) groups excluding carboxylic acids is 1. The van der Waals surface area contributed by atoms with Crippen LogP contribution in [0.4, 0.5) is 5.69 Å². The number of benzene rings is 2. The molecule has 0 aliphatic rings. The average Bonchev–Trinajstić information content (AvgIpc) is 3.14. The van der Waals surface area contributed by atoms with Crippen LogP contribution in [0.15, 0.2) is 60.3 Å². The Morgan fingerprint density at radius 2 is 1.94 bits per heavy atom. The van der Waals surface area contributed by atoms with E-state index >= 15 is 0 Å². The van der Waals surface area contributed by atoms with Gasteiger partial charge in [-0.2, -0.15) is 0 Å². The van der Waals surface area contributed by atoms with E-state index < -0.39 is 0 Å². The van der Waals surface area contributed by atoms with Crippen molar-refractivity contribution in [3.05, 3.63) is 72.1 Å². The van der Waals surface area contributed by atoms with Gasteiger partial charge in [-0.15, -0.1) is 16.8 Å². The predicted molar refractivity (Wildman–Crippen MR) is 128 cm³/mol. The number of aromatic nitrogens is 3. The molecular weight excluding hydrogens is 424 g/mol. The Morgan fingerprint density at radius 1 is 1.19 bits per heavy atom. The van der Waals surface area contributed by atoms with Gasteiger partial charge < -0.3 is 14.8 Å². The second kappa shape index (κ2) is 10.9. The van der Waals surface area contributed by atoms with Gasteiger partial charge in [-0.3, -0.25) is 9.36 Å². The second-order valence-electron chi connectivity index (χ2n) is 7.39. The monoisotopic (exact) mass is 452 g/mol. The molecule has 7 nitrogen and oxygen atoms in total. The van der Waals surface area contributed by atoms with Gasteiger partial charge in [0.05, 0.1) is 12.9 Å². The number of amides is 1. The summed E-state index contributed by atoms with van der Waals surface area (Å²) in [5.74, 6) is 2.20. The maximum Gasteiger partial charge on any atom is 0.234 e. The van der Waals surface area contributed by atoms with Crippen molar-refractivity contribution >= 4 is 23.4 Å². The molecule has 168 valence electrons. The highest BCUT2D eigenvalue weighted by atomic mass is 32.2. The minimum Gasteiger partial charge on any atom is -0.497 e. The third-order valence-electron chi connectivity index (χ3n) is 4.61. The highest BCUT2D eigenvalue weighted by Gasteiger charge is 2.20. The number of rotatable bonds is 10. The number of hydrogen-bond donors (Lipinski definition) is 1. The molecule has 1 atom stereocenters. The van der Waals surface area contributed by atoms with Crippen LogP contribution in [0.2, 0.25) is 0 Å². The van der Waals surface area contributed by atoms with Gasteiger partial charge >= 0.3 is 0 Å². The van der Waals surface area contributed by atoms with Gasteiger partial charge in [0.15, 0.2) is 17.1 Å². The molecular formula is C24H28N4O3S. The van der Waals surface area contributed by atoms with Gasteiger partial charge in [-0.05, 0) is 56.2 Å². The summed E-state index contributed by atoms with van der Waals surface area (Å²) < 4.78 is 13.2. The zero-order valence-corrected chi connectivity index (χ0v) is 19.6. The molecule has 32 heavy (non-hydrogen) atoms. The van der Waals surface area contributed by atoms with E-state index in [2.05, 4.69) is 28.2 Å². The number of anilines is 1. The van der Waals surface area contributed by atoms with E-state index in [9.17, 15) is 4.79 Å². The molecule has 3 rings (SSSR count). The second-order valence-corrected chi connectivity index (χ2v) is 8.33. The largest absolute Gasteiger partial charge is 0.497 e. The lowest BCUT2D eigenvalue weighted by atomic mass is 10.1. The third kappa shape index (κ3) is 6.13. The molecule has 0 radical (unpaired) electrons. The van der Waals surface area contributed by atoms with Gasteiger partial charge in [-0.1, -0.05) is 30.0 Å². The third-order valence-corrected chi connectivity index (χ3v) is 5.58. The quantitative estimate of drug-likeness (QED) is 0.346. The smallest absolute Gasteiger partial charge is 0.234 e. The maximum absolute atomic E-state index is 12.4. The lowest BCUT2D eigenvalue weighted by Crippen LogP contribution is -2.15. The molecule has 1 unspecified atom stereocenters. The standard InChI is InChI=1S/C24H28N4O3S/c1-6-10-28-23(18(4)31-21-12-16(2)11-17(3)13-21)26-27-24(28)32-15-22(29)25-19-8-7-9-20(14-19)30-5/h6-9,11-14,18H,1,10,15H2,2-5H3,(H,25,29).